The van der Waals surface area contributed by atoms with E-state index in [0.717, 1.165) is 40.3 Å². The summed E-state index contributed by atoms with van der Waals surface area (Å²) >= 11 is 0. The maximum atomic E-state index is 13.0. The summed E-state index contributed by atoms with van der Waals surface area (Å²) < 4.78 is 92.6. The minimum absolute atomic E-state index is 0.0218. The van der Waals surface area contributed by atoms with Gasteiger partial charge in [0.1, 0.15) is 34.3 Å². The van der Waals surface area contributed by atoms with Gasteiger partial charge in [0.05, 0.1) is 65.7 Å². The largest absolute Gasteiger partial charge is 0.501 e. The predicted molar refractivity (Wildman–Crippen MR) is 312 cm³/mol. The molecule has 0 saturated carbocycles. The maximum Gasteiger partial charge on any atom is 0.410 e. The second kappa shape index (κ2) is 30.8. The normalized spacial score (nSPS) is 15.4. The topological polar surface area (TPSA) is 399 Å². The van der Waals surface area contributed by atoms with Crippen LogP contribution in [0.15, 0.2) is 14.4 Å². The van der Waals surface area contributed by atoms with Gasteiger partial charge in [-0.3, -0.25) is 27.7 Å². The van der Waals surface area contributed by atoms with Gasteiger partial charge in [-0.15, -0.1) is 0 Å². The molecule has 3 aromatic rings. The lowest BCUT2D eigenvalue weighted by molar-refractivity contribution is 0.0191. The summed E-state index contributed by atoms with van der Waals surface area (Å²) in [6, 6.07) is -2.04. The van der Waals surface area contributed by atoms with Crippen molar-refractivity contribution in [3.63, 3.8) is 0 Å². The first-order chi connectivity index (χ1) is 40.5. The first kappa shape index (κ1) is 74.4. The number of nitrogens with one attached hydrogen (secondary N) is 1. The summed E-state index contributed by atoms with van der Waals surface area (Å²) in [5.74, 6) is -4.23. The Morgan fingerprint density at radius 3 is 1.44 bits per heavy atom. The van der Waals surface area contributed by atoms with Crippen LogP contribution in [0.2, 0.25) is 0 Å². The molecule has 5 rings (SSSR count). The van der Waals surface area contributed by atoms with Gasteiger partial charge >= 0.3 is 46.3 Å². The molecule has 0 aromatic carbocycles. The Morgan fingerprint density at radius 1 is 0.602 bits per heavy atom. The molecule has 34 heteroatoms. The monoisotopic (exact) mass is 1290 g/mol. The lowest BCUT2D eigenvalue weighted by atomic mass is 10.1. The molecule has 2 aliphatic rings. The summed E-state index contributed by atoms with van der Waals surface area (Å²) in [6.45, 7) is 16.1. The third kappa shape index (κ3) is 21.5. The highest BCUT2D eigenvalue weighted by atomic mass is 32.2. The summed E-state index contributed by atoms with van der Waals surface area (Å²) in [5.41, 5.74) is -5.80. The van der Waals surface area contributed by atoms with Crippen molar-refractivity contribution in [2.24, 2.45) is 0 Å². The van der Waals surface area contributed by atoms with Crippen LogP contribution < -0.4 is 25.6 Å². The van der Waals surface area contributed by atoms with Gasteiger partial charge in [0.25, 0.3) is 26.8 Å². The fourth-order valence-electron chi connectivity index (χ4n) is 8.57. The molecule has 3 amide bonds. The van der Waals surface area contributed by atoms with Crippen LogP contribution in [-0.2, 0) is 65.9 Å². The van der Waals surface area contributed by atoms with Crippen molar-refractivity contribution in [2.75, 3.05) is 68.7 Å². The van der Waals surface area contributed by atoms with Crippen LogP contribution in [0.5, 0.6) is 17.2 Å². The summed E-state index contributed by atoms with van der Waals surface area (Å²) in [7, 11) is 1.42. The number of hydrogen-bond acceptors (Lipinski definition) is 26. The number of aromatic nitrogens is 6. The highest BCUT2D eigenvalue weighted by Gasteiger charge is 2.37. The number of H-pyrrole nitrogens is 1. The van der Waals surface area contributed by atoms with Crippen molar-refractivity contribution in [2.45, 2.75) is 168 Å². The SMILES string of the molecule is COC(=O)c1nc(C(CCCCOS(C)(=O)=O)N(C)C(=O)OC(C)(C)C)[nH]c(=O)c1OC.COC(=O)c1nc2n(c(=O)c1O)CCCCC2N(C)C(=O)OC(C)(C)C.COC(=O)c1nc2n(c(=O)c1OS(C)(=O)=O)CCCCC2N(C)C(=O)OC(C)(C)C. The van der Waals surface area contributed by atoms with E-state index >= 15 is 0 Å². The molecule has 3 atom stereocenters. The molecule has 0 bridgehead atoms. The molecule has 0 aliphatic carbocycles. The number of unbranched alkanes of at least 4 members (excludes halogenated alkanes) is 1. The zero-order chi connectivity index (χ0) is 67.2. The average Bonchev–Trinajstić information content (AvgIpc) is 1.73. The van der Waals surface area contributed by atoms with Crippen LogP contribution >= 0.6 is 0 Å². The lowest BCUT2D eigenvalue weighted by Gasteiger charge is -2.30. The van der Waals surface area contributed by atoms with Crippen LogP contribution in [-0.4, -0.2) is 187 Å². The molecule has 0 radical (unpaired) electrons. The Balaban J connectivity index is 0.000000347. The average molecular weight is 1290 g/mol. The van der Waals surface area contributed by atoms with E-state index < -0.39 is 131 Å². The Hall–Kier alpha value is -7.88. The van der Waals surface area contributed by atoms with Gasteiger partial charge in [-0.1, -0.05) is 0 Å². The zero-order valence-corrected chi connectivity index (χ0v) is 54.7. The highest BCUT2D eigenvalue weighted by Crippen LogP contribution is 2.33. The van der Waals surface area contributed by atoms with E-state index in [1.54, 1.807) is 69.4 Å². The van der Waals surface area contributed by atoms with Gasteiger partial charge in [-0.2, -0.15) is 16.8 Å². The number of aromatic hydroxyl groups is 1. The van der Waals surface area contributed by atoms with Crippen LogP contribution in [0.4, 0.5) is 14.4 Å². The molecule has 0 spiro atoms. The number of nitrogens with zero attached hydrogens (tertiary/aromatic N) is 8. The molecule has 0 fully saturated rings. The van der Waals surface area contributed by atoms with Crippen molar-refractivity contribution in [1.82, 2.24) is 43.8 Å². The van der Waals surface area contributed by atoms with Gasteiger partial charge < -0.3 is 62.1 Å². The van der Waals surface area contributed by atoms with E-state index in [0.29, 0.717) is 51.5 Å². The molecule has 3 unspecified atom stereocenters. The molecule has 88 heavy (non-hydrogen) atoms. The number of rotatable bonds is 16. The van der Waals surface area contributed by atoms with E-state index in [9.17, 15) is 65.1 Å². The number of ether oxygens (including phenoxy) is 7. The van der Waals surface area contributed by atoms with Gasteiger partial charge in [-0.05, 0) is 120 Å². The van der Waals surface area contributed by atoms with Crippen molar-refractivity contribution >= 4 is 56.4 Å². The third-order valence-electron chi connectivity index (χ3n) is 12.5. The van der Waals surface area contributed by atoms with Crippen molar-refractivity contribution in [3.05, 3.63) is 65.6 Å². The standard InChI is InChI=1S/C19H31N3O9S.C18H27N3O8S.C17H25N3O6/c1-19(2,3)31-18(25)22(4)12(10-8-9-11-30-32(7,26)27)15-20-13(17(24)29-6)14(28-5)16(23)21-15;1-18(2,3)28-17(24)20(4)11-9-7-8-10-21-14(11)19-12(16(23)27-5)13(15(21)22)29-30(6,25)26;1-17(2,3)26-16(24)19(4)10-8-6-7-9-20-13(10)18-11(15(23)25-5)12(21)14(20)22/h12H,8-11H2,1-7H3,(H,20,21,23);11H,7-10H2,1-6H3;10,21H,6-9H2,1-5H3. The van der Waals surface area contributed by atoms with Crippen molar-refractivity contribution in [1.29, 1.82) is 0 Å². The fraction of sp³-hybridized carbons (Fsp3) is 0.667. The molecule has 32 nitrogen and oxygen atoms in total. The summed E-state index contributed by atoms with van der Waals surface area (Å²) in [6.07, 6.45) is 4.58. The highest BCUT2D eigenvalue weighted by molar-refractivity contribution is 7.86. The minimum atomic E-state index is -4.11. The minimum Gasteiger partial charge on any atom is -0.501 e. The van der Waals surface area contributed by atoms with Crippen LogP contribution in [0.1, 0.15) is 187 Å². The molecule has 0 saturated heterocycles. The second-order valence-electron chi connectivity index (χ2n) is 23.2. The van der Waals surface area contributed by atoms with E-state index in [1.807, 2.05) is 0 Å². The number of carbonyl (C=O) groups is 6. The molecule has 3 aromatic heterocycles. The van der Waals surface area contributed by atoms with E-state index in [1.165, 1.54) is 45.0 Å². The molecular formula is C54H83N9O23S2. The smallest absolute Gasteiger partial charge is 0.410 e. The first-order valence-electron chi connectivity index (χ1n) is 27.5. The van der Waals surface area contributed by atoms with Gasteiger partial charge in [0, 0.05) is 34.2 Å². The number of esters is 3. The van der Waals surface area contributed by atoms with Crippen molar-refractivity contribution in [3.8, 4) is 17.2 Å². The third-order valence-corrected chi connectivity index (χ3v) is 13.6. The Kier molecular flexibility index (Phi) is 26.1. The Labute approximate surface area is 510 Å². The molecule has 2 N–H and O–H groups in total. The van der Waals surface area contributed by atoms with Crippen LogP contribution in [0, 0.1) is 0 Å². The quantitative estimate of drug-likeness (QED) is 0.0832. The van der Waals surface area contributed by atoms with E-state index in [2.05, 4.69) is 34.1 Å². The Bertz CT molecular complexity index is 3440. The van der Waals surface area contributed by atoms with Gasteiger partial charge in [-0.25, -0.2) is 43.7 Å². The van der Waals surface area contributed by atoms with Crippen LogP contribution in [0.25, 0.3) is 0 Å². The first-order valence-corrected chi connectivity index (χ1v) is 31.2. The number of hydrogen-bond donors (Lipinski definition) is 2. The van der Waals surface area contributed by atoms with E-state index in [-0.39, 0.29) is 48.5 Å². The predicted octanol–water partition coefficient (Wildman–Crippen LogP) is 4.91. The zero-order valence-electron chi connectivity index (χ0n) is 53.0. The second-order valence-corrected chi connectivity index (χ2v) is 26.4. The summed E-state index contributed by atoms with van der Waals surface area (Å²) in [5, 5.41) is 10.0. The fourth-order valence-corrected chi connectivity index (χ4v) is 9.45. The van der Waals surface area contributed by atoms with Crippen molar-refractivity contribution < 1.29 is 92.2 Å². The number of aromatic amines is 1. The molecule has 5 heterocycles. The van der Waals surface area contributed by atoms with Gasteiger partial charge in [0.2, 0.25) is 17.2 Å². The number of amides is 3. The van der Waals surface area contributed by atoms with Crippen LogP contribution in [0.3, 0.4) is 0 Å². The number of methoxy groups -OCH3 is 4. The van der Waals surface area contributed by atoms with Gasteiger partial charge in [0.15, 0.2) is 17.1 Å². The number of carbonyl (C=O) groups excluding carboxylic acids is 6. The lowest BCUT2D eigenvalue weighted by Crippen LogP contribution is -2.39. The molecule has 494 valence electrons. The molecule has 2 aliphatic heterocycles. The number of fused-ring (bicyclic) bond motifs is 2. The Morgan fingerprint density at radius 2 is 1.02 bits per heavy atom. The molecular weight excluding hydrogens is 1210 g/mol. The van der Waals surface area contributed by atoms with E-state index in [4.69, 9.17) is 27.3 Å². The summed E-state index contributed by atoms with van der Waals surface area (Å²) in [4.78, 5) is 131. The maximum absolute atomic E-state index is 13.0.